The second-order valence-electron chi connectivity index (χ2n) is 4.49. The maximum Gasteiger partial charge on any atom is 0.254 e. The van der Waals surface area contributed by atoms with Gasteiger partial charge in [0.05, 0.1) is 5.69 Å². The lowest BCUT2D eigenvalue weighted by molar-refractivity contribution is -0.00461. The van der Waals surface area contributed by atoms with Gasteiger partial charge in [-0.05, 0) is 18.2 Å². The zero-order valence-corrected chi connectivity index (χ0v) is 10.9. The number of anilines is 1. The van der Waals surface area contributed by atoms with Gasteiger partial charge in [0, 0.05) is 32.9 Å². The van der Waals surface area contributed by atoms with Crippen molar-refractivity contribution in [2.45, 2.75) is 12.2 Å². The number of nitrogens with zero attached hydrogens (tertiary/aromatic N) is 1. The van der Waals surface area contributed by atoms with Crippen molar-refractivity contribution in [3.8, 4) is 0 Å². The van der Waals surface area contributed by atoms with Gasteiger partial charge in [0.15, 0.2) is 0 Å². The average molecular weight is 268 g/mol. The zero-order chi connectivity index (χ0) is 14.0. The van der Waals surface area contributed by atoms with Gasteiger partial charge in [0.2, 0.25) is 0 Å². The predicted octanol–water partition coefficient (Wildman–Crippen LogP) is 0.894. The second-order valence-corrected chi connectivity index (χ2v) is 4.49. The molecule has 1 aliphatic heterocycles. The second kappa shape index (κ2) is 5.54. The molecule has 0 saturated carbocycles. The molecular formula is C13H17FN2O3. The number of rotatable bonds is 3. The van der Waals surface area contributed by atoms with Crippen LogP contribution in [0.25, 0.3) is 0 Å². The Hall–Kier alpha value is -1.66. The summed E-state index contributed by atoms with van der Waals surface area (Å²) in [5.41, 5.74) is 5.80. The first-order chi connectivity index (χ1) is 9.06. The van der Waals surface area contributed by atoms with E-state index >= 15 is 0 Å². The van der Waals surface area contributed by atoms with Crippen LogP contribution in [0.4, 0.5) is 10.1 Å². The van der Waals surface area contributed by atoms with Crippen molar-refractivity contribution in [1.82, 2.24) is 4.90 Å². The molecule has 104 valence electrons. The summed E-state index contributed by atoms with van der Waals surface area (Å²) in [6.07, 6.45) is -0.293. The fourth-order valence-corrected chi connectivity index (χ4v) is 2.22. The normalized spacial score (nSPS) is 22.8. The molecule has 19 heavy (non-hydrogen) atoms. The lowest BCUT2D eigenvalue weighted by atomic mass is 10.1. The van der Waals surface area contributed by atoms with E-state index in [1.165, 1.54) is 18.2 Å². The maximum absolute atomic E-state index is 13.1. The zero-order valence-electron chi connectivity index (χ0n) is 10.9. The molecule has 5 nitrogen and oxygen atoms in total. The molecule has 1 heterocycles. The highest BCUT2D eigenvalue weighted by atomic mass is 19.1. The molecule has 1 aliphatic rings. The lowest BCUT2D eigenvalue weighted by Crippen LogP contribution is -2.30. The van der Waals surface area contributed by atoms with Crippen LogP contribution in [0.1, 0.15) is 10.4 Å². The molecule has 1 saturated heterocycles. The van der Waals surface area contributed by atoms with Gasteiger partial charge in [-0.3, -0.25) is 4.79 Å². The molecule has 1 fully saturated rings. The van der Waals surface area contributed by atoms with E-state index in [0.717, 1.165) is 0 Å². The molecule has 0 spiro atoms. The highest BCUT2D eigenvalue weighted by Gasteiger charge is 2.35. The number of methoxy groups -OCH3 is 2. The van der Waals surface area contributed by atoms with E-state index < -0.39 is 5.82 Å². The van der Waals surface area contributed by atoms with Crippen molar-refractivity contribution in [1.29, 1.82) is 0 Å². The summed E-state index contributed by atoms with van der Waals surface area (Å²) >= 11 is 0. The SMILES string of the molecule is COC1CN(C(=O)c2ccc(F)c(N)c2)CC1OC. The Morgan fingerprint density at radius 2 is 1.89 bits per heavy atom. The number of carbonyl (C=O) groups excluding carboxylic acids is 1. The van der Waals surface area contributed by atoms with Gasteiger partial charge in [0.25, 0.3) is 5.91 Å². The Bertz CT molecular complexity index is 469. The van der Waals surface area contributed by atoms with E-state index in [4.69, 9.17) is 15.2 Å². The summed E-state index contributed by atoms with van der Waals surface area (Å²) in [6, 6.07) is 3.97. The Balaban J connectivity index is 2.14. The molecule has 0 aliphatic carbocycles. The lowest BCUT2D eigenvalue weighted by Gasteiger charge is -2.16. The van der Waals surface area contributed by atoms with E-state index in [2.05, 4.69) is 0 Å². The van der Waals surface area contributed by atoms with E-state index in [9.17, 15) is 9.18 Å². The van der Waals surface area contributed by atoms with Gasteiger partial charge < -0.3 is 20.1 Å². The minimum Gasteiger partial charge on any atom is -0.396 e. The number of benzene rings is 1. The van der Waals surface area contributed by atoms with Crippen LogP contribution in [0.3, 0.4) is 0 Å². The topological polar surface area (TPSA) is 64.8 Å². The van der Waals surface area contributed by atoms with Crippen LogP contribution in [0, 0.1) is 5.82 Å². The summed E-state index contributed by atoms with van der Waals surface area (Å²) in [7, 11) is 3.17. The van der Waals surface area contributed by atoms with Gasteiger partial charge in [0.1, 0.15) is 18.0 Å². The Morgan fingerprint density at radius 3 is 2.37 bits per heavy atom. The number of nitrogen functional groups attached to an aromatic ring is 1. The maximum atomic E-state index is 13.1. The summed E-state index contributed by atoms with van der Waals surface area (Å²) in [5, 5.41) is 0. The van der Waals surface area contributed by atoms with Crippen molar-refractivity contribution in [3.05, 3.63) is 29.6 Å². The third-order valence-electron chi connectivity index (χ3n) is 3.35. The number of hydrogen-bond donors (Lipinski definition) is 1. The van der Waals surface area contributed by atoms with Gasteiger partial charge >= 0.3 is 0 Å². The number of amides is 1. The largest absolute Gasteiger partial charge is 0.396 e. The van der Waals surface area contributed by atoms with Crippen LogP contribution in [0.15, 0.2) is 18.2 Å². The van der Waals surface area contributed by atoms with E-state index in [1.807, 2.05) is 0 Å². The van der Waals surface area contributed by atoms with Crippen molar-refractivity contribution >= 4 is 11.6 Å². The van der Waals surface area contributed by atoms with Gasteiger partial charge in [-0.15, -0.1) is 0 Å². The summed E-state index contributed by atoms with van der Waals surface area (Å²) in [5.74, 6) is -0.726. The summed E-state index contributed by atoms with van der Waals surface area (Å²) in [4.78, 5) is 13.9. The molecule has 1 aromatic rings. The van der Waals surface area contributed by atoms with E-state index in [1.54, 1.807) is 19.1 Å². The van der Waals surface area contributed by atoms with Crippen molar-refractivity contribution in [2.24, 2.45) is 0 Å². The fraction of sp³-hybridized carbons (Fsp3) is 0.462. The molecule has 2 N–H and O–H groups in total. The Labute approximate surface area is 111 Å². The van der Waals surface area contributed by atoms with Crippen LogP contribution in [0.5, 0.6) is 0 Å². The van der Waals surface area contributed by atoms with Gasteiger partial charge in [-0.2, -0.15) is 0 Å². The van der Waals surface area contributed by atoms with Crippen LogP contribution < -0.4 is 5.73 Å². The minimum absolute atomic E-state index is 0.0309. The number of ether oxygens (including phenoxy) is 2. The third-order valence-corrected chi connectivity index (χ3v) is 3.35. The highest BCUT2D eigenvalue weighted by Crippen LogP contribution is 2.20. The molecular weight excluding hydrogens is 251 g/mol. The number of likely N-dealkylation sites (tertiary alicyclic amines) is 1. The minimum atomic E-state index is -0.525. The summed E-state index contributed by atoms with van der Waals surface area (Å²) < 4.78 is 23.6. The Kier molecular flexibility index (Phi) is 4.01. The summed E-state index contributed by atoms with van der Waals surface area (Å²) in [6.45, 7) is 0.899. The highest BCUT2D eigenvalue weighted by molar-refractivity contribution is 5.95. The smallest absolute Gasteiger partial charge is 0.254 e. The van der Waals surface area contributed by atoms with Crippen molar-refractivity contribution in [3.63, 3.8) is 0 Å². The fourth-order valence-electron chi connectivity index (χ4n) is 2.22. The quantitative estimate of drug-likeness (QED) is 0.827. The van der Waals surface area contributed by atoms with E-state index in [0.29, 0.717) is 18.7 Å². The van der Waals surface area contributed by atoms with Crippen molar-refractivity contribution in [2.75, 3.05) is 33.0 Å². The Morgan fingerprint density at radius 1 is 1.32 bits per heavy atom. The van der Waals surface area contributed by atoms with Gasteiger partial charge in [-0.25, -0.2) is 4.39 Å². The molecule has 6 heteroatoms. The molecule has 2 atom stereocenters. The number of nitrogens with two attached hydrogens (primary N) is 1. The van der Waals surface area contributed by atoms with Crippen LogP contribution in [-0.4, -0.2) is 50.3 Å². The molecule has 0 bridgehead atoms. The first-order valence-electron chi connectivity index (χ1n) is 5.96. The monoisotopic (exact) mass is 268 g/mol. The van der Waals surface area contributed by atoms with Crippen LogP contribution >= 0.6 is 0 Å². The molecule has 0 aromatic heterocycles. The molecule has 2 unspecified atom stereocenters. The standard InChI is InChI=1S/C13H17FN2O3/c1-18-11-6-16(7-12(11)19-2)13(17)8-3-4-9(14)10(15)5-8/h3-5,11-12H,6-7,15H2,1-2H3. The average Bonchev–Trinajstić information content (AvgIpc) is 2.84. The van der Waals surface area contributed by atoms with Crippen LogP contribution in [0.2, 0.25) is 0 Å². The van der Waals surface area contributed by atoms with Crippen molar-refractivity contribution < 1.29 is 18.7 Å². The van der Waals surface area contributed by atoms with Crippen LogP contribution in [-0.2, 0) is 9.47 Å². The molecule has 0 radical (unpaired) electrons. The number of halogens is 1. The third kappa shape index (κ3) is 2.69. The predicted molar refractivity (Wildman–Crippen MR) is 68.3 cm³/mol. The first-order valence-corrected chi connectivity index (χ1v) is 5.96. The molecule has 1 aromatic carbocycles. The van der Waals surface area contributed by atoms with Gasteiger partial charge in [-0.1, -0.05) is 0 Å². The first kappa shape index (κ1) is 13.8. The number of carbonyl (C=O) groups is 1. The number of hydrogen-bond acceptors (Lipinski definition) is 4. The molecule has 2 rings (SSSR count). The van der Waals surface area contributed by atoms with E-state index in [-0.39, 0.29) is 23.8 Å². The molecule has 1 amide bonds.